The van der Waals surface area contributed by atoms with Gasteiger partial charge in [-0.1, -0.05) is 25.7 Å². The lowest BCUT2D eigenvalue weighted by Gasteiger charge is -2.39. The van der Waals surface area contributed by atoms with E-state index >= 15 is 0 Å². The van der Waals surface area contributed by atoms with Gasteiger partial charge in [-0.2, -0.15) is 11.8 Å². The summed E-state index contributed by atoms with van der Waals surface area (Å²) in [5.41, 5.74) is 0.0486. The molecule has 0 aromatic carbocycles. The Hall–Kier alpha value is 0.230. The molecule has 2 fully saturated rings. The number of hydrogen-bond acceptors (Lipinski definition) is 4. The van der Waals surface area contributed by atoms with E-state index in [2.05, 4.69) is 0 Å². The van der Waals surface area contributed by atoms with Crippen molar-refractivity contribution in [2.45, 2.75) is 44.6 Å². The van der Waals surface area contributed by atoms with Crippen LogP contribution in [0.1, 0.15) is 38.5 Å². The fourth-order valence-corrected chi connectivity index (χ4v) is 3.63. The zero-order valence-corrected chi connectivity index (χ0v) is 12.1. The lowest BCUT2D eigenvalue weighted by molar-refractivity contribution is -0.121. The van der Waals surface area contributed by atoms with Crippen LogP contribution in [-0.4, -0.2) is 49.1 Å². The molecule has 4 heteroatoms. The van der Waals surface area contributed by atoms with Crippen LogP contribution in [0.2, 0.25) is 0 Å². The van der Waals surface area contributed by atoms with E-state index in [1.807, 2.05) is 11.8 Å². The van der Waals surface area contributed by atoms with Crippen molar-refractivity contribution in [1.82, 2.24) is 0 Å². The third-order valence-corrected chi connectivity index (χ3v) is 5.22. The Balaban J connectivity index is 1.50. The second-order valence-corrected chi connectivity index (χ2v) is 6.79. The Morgan fingerprint density at radius 1 is 1.17 bits per heavy atom. The second-order valence-electron chi connectivity index (χ2n) is 5.69. The molecule has 0 aromatic heterocycles. The third-order valence-electron chi connectivity index (χ3n) is 3.94. The summed E-state index contributed by atoms with van der Waals surface area (Å²) in [7, 11) is 0. The molecule has 0 spiro atoms. The molecule has 1 heterocycles. The van der Waals surface area contributed by atoms with Crippen molar-refractivity contribution in [3.8, 4) is 0 Å². The van der Waals surface area contributed by atoms with Gasteiger partial charge in [-0.05, 0) is 12.8 Å². The summed E-state index contributed by atoms with van der Waals surface area (Å²) >= 11 is 1.89. The number of rotatable bonds is 7. The monoisotopic (exact) mass is 274 g/mol. The highest BCUT2D eigenvalue weighted by atomic mass is 32.2. The highest BCUT2D eigenvalue weighted by molar-refractivity contribution is 7.99. The van der Waals surface area contributed by atoms with E-state index in [4.69, 9.17) is 9.47 Å². The molecule has 1 saturated heterocycles. The molecule has 0 radical (unpaired) electrons. The molecule has 0 aromatic rings. The predicted molar refractivity (Wildman–Crippen MR) is 75.1 cm³/mol. The molecule has 0 bridgehead atoms. The topological polar surface area (TPSA) is 38.7 Å². The molecule has 3 nitrogen and oxygen atoms in total. The smallest absolute Gasteiger partial charge is 0.0575 e. The van der Waals surface area contributed by atoms with Crippen LogP contribution in [0, 0.1) is 5.41 Å². The van der Waals surface area contributed by atoms with Gasteiger partial charge in [-0.25, -0.2) is 0 Å². The standard InChI is InChI=1S/C14H26O3S/c15-9-14(10-16-11-14)12-18-8-7-17-13-5-3-1-2-4-6-13/h13,15H,1-12H2. The Morgan fingerprint density at radius 3 is 2.44 bits per heavy atom. The Labute approximate surface area is 115 Å². The normalized spacial score (nSPS) is 24.5. The minimum atomic E-state index is 0.0486. The first kappa shape index (κ1) is 14.6. The van der Waals surface area contributed by atoms with Crippen molar-refractivity contribution in [2.75, 3.05) is 37.9 Å². The Morgan fingerprint density at radius 2 is 1.89 bits per heavy atom. The Bertz CT molecular complexity index is 218. The first-order valence-electron chi connectivity index (χ1n) is 7.23. The van der Waals surface area contributed by atoms with E-state index in [1.165, 1.54) is 38.5 Å². The molecule has 0 amide bonds. The molecule has 2 aliphatic rings. The molecule has 1 aliphatic heterocycles. The summed E-state index contributed by atoms with van der Waals surface area (Å²) in [4.78, 5) is 0. The van der Waals surface area contributed by atoms with Gasteiger partial charge in [0, 0.05) is 16.9 Å². The van der Waals surface area contributed by atoms with E-state index in [0.717, 1.165) is 31.3 Å². The van der Waals surface area contributed by atoms with Gasteiger partial charge in [-0.15, -0.1) is 0 Å². The molecule has 2 rings (SSSR count). The van der Waals surface area contributed by atoms with Gasteiger partial charge < -0.3 is 14.6 Å². The lowest BCUT2D eigenvalue weighted by atomic mass is 9.90. The number of aliphatic hydroxyl groups excluding tert-OH is 1. The van der Waals surface area contributed by atoms with Gasteiger partial charge in [0.2, 0.25) is 0 Å². The minimum Gasteiger partial charge on any atom is -0.396 e. The van der Waals surface area contributed by atoms with E-state index in [9.17, 15) is 5.11 Å². The maximum atomic E-state index is 9.30. The average molecular weight is 274 g/mol. The summed E-state index contributed by atoms with van der Waals surface area (Å²) in [6.45, 7) is 2.56. The largest absolute Gasteiger partial charge is 0.396 e. The quantitative estimate of drug-likeness (QED) is 0.572. The van der Waals surface area contributed by atoms with Gasteiger partial charge >= 0.3 is 0 Å². The van der Waals surface area contributed by atoms with Gasteiger partial charge in [0.25, 0.3) is 0 Å². The number of thioether (sulfide) groups is 1. The van der Waals surface area contributed by atoms with Crippen LogP contribution < -0.4 is 0 Å². The zero-order chi connectivity index (χ0) is 12.7. The fraction of sp³-hybridized carbons (Fsp3) is 1.00. The van der Waals surface area contributed by atoms with E-state index in [0.29, 0.717) is 6.10 Å². The minimum absolute atomic E-state index is 0.0486. The van der Waals surface area contributed by atoms with Gasteiger partial charge in [-0.3, -0.25) is 0 Å². The van der Waals surface area contributed by atoms with Gasteiger partial charge in [0.1, 0.15) is 0 Å². The molecule has 1 saturated carbocycles. The molecule has 0 unspecified atom stereocenters. The van der Waals surface area contributed by atoms with Crippen LogP contribution in [-0.2, 0) is 9.47 Å². The van der Waals surface area contributed by atoms with Crippen molar-refractivity contribution in [1.29, 1.82) is 0 Å². The number of ether oxygens (including phenoxy) is 2. The summed E-state index contributed by atoms with van der Waals surface area (Å²) < 4.78 is 11.1. The molecule has 1 aliphatic carbocycles. The van der Waals surface area contributed by atoms with Crippen molar-refractivity contribution in [3.63, 3.8) is 0 Å². The van der Waals surface area contributed by atoms with Crippen molar-refractivity contribution in [2.24, 2.45) is 5.41 Å². The van der Waals surface area contributed by atoms with E-state index < -0.39 is 0 Å². The number of hydrogen-bond donors (Lipinski definition) is 1. The van der Waals surface area contributed by atoms with Crippen LogP contribution >= 0.6 is 11.8 Å². The first-order valence-corrected chi connectivity index (χ1v) is 8.38. The SMILES string of the molecule is OCC1(CSCCOC2CCCCCC2)COC1. The van der Waals surface area contributed by atoms with Crippen LogP contribution in [0.3, 0.4) is 0 Å². The Kier molecular flexibility index (Phi) is 6.29. The highest BCUT2D eigenvalue weighted by Crippen LogP contribution is 2.31. The maximum absolute atomic E-state index is 9.30. The summed E-state index contributed by atoms with van der Waals surface area (Å²) in [6, 6.07) is 0. The fourth-order valence-electron chi connectivity index (χ4n) is 2.58. The first-order chi connectivity index (χ1) is 8.85. The van der Waals surface area contributed by atoms with Crippen LogP contribution in [0.15, 0.2) is 0 Å². The second kappa shape index (κ2) is 7.73. The highest BCUT2D eigenvalue weighted by Gasteiger charge is 2.37. The predicted octanol–water partition coefficient (Wildman–Crippen LogP) is 2.47. The summed E-state index contributed by atoms with van der Waals surface area (Å²) in [5.74, 6) is 2.04. The van der Waals surface area contributed by atoms with Crippen molar-refractivity contribution >= 4 is 11.8 Å². The van der Waals surface area contributed by atoms with Crippen LogP contribution in [0.25, 0.3) is 0 Å². The average Bonchev–Trinajstić information content (AvgIpc) is 2.60. The van der Waals surface area contributed by atoms with E-state index in [-0.39, 0.29) is 12.0 Å². The number of aliphatic hydroxyl groups is 1. The van der Waals surface area contributed by atoms with Crippen molar-refractivity contribution < 1.29 is 14.6 Å². The van der Waals surface area contributed by atoms with Gasteiger partial charge in [0.15, 0.2) is 0 Å². The molecule has 1 N–H and O–H groups in total. The van der Waals surface area contributed by atoms with Crippen LogP contribution in [0.4, 0.5) is 0 Å². The van der Waals surface area contributed by atoms with E-state index in [1.54, 1.807) is 0 Å². The summed E-state index contributed by atoms with van der Waals surface area (Å²) in [5, 5.41) is 9.30. The molecule has 18 heavy (non-hydrogen) atoms. The lowest BCUT2D eigenvalue weighted by Crippen LogP contribution is -2.47. The molecule has 106 valence electrons. The molecular formula is C14H26O3S. The van der Waals surface area contributed by atoms with Gasteiger partial charge in [0.05, 0.1) is 32.5 Å². The van der Waals surface area contributed by atoms with Crippen molar-refractivity contribution in [3.05, 3.63) is 0 Å². The molecular weight excluding hydrogens is 248 g/mol. The third kappa shape index (κ3) is 4.41. The maximum Gasteiger partial charge on any atom is 0.0575 e. The van der Waals surface area contributed by atoms with Crippen LogP contribution in [0.5, 0.6) is 0 Å². The molecule has 0 atom stereocenters. The zero-order valence-electron chi connectivity index (χ0n) is 11.2. The summed E-state index contributed by atoms with van der Waals surface area (Å²) in [6.07, 6.45) is 8.44.